The molecule has 0 aliphatic rings. The zero-order valence-electron chi connectivity index (χ0n) is 7.73. The molecule has 0 saturated carbocycles. The van der Waals surface area contributed by atoms with Crippen LogP contribution in [0.1, 0.15) is 20.3 Å². The van der Waals surface area contributed by atoms with Gasteiger partial charge in [0.1, 0.15) is 0 Å². The summed E-state index contributed by atoms with van der Waals surface area (Å²) in [6, 6.07) is 0. The van der Waals surface area contributed by atoms with Crippen molar-refractivity contribution >= 4 is 30.8 Å². The quantitative estimate of drug-likeness (QED) is 0.447. The van der Waals surface area contributed by atoms with Crippen LogP contribution >= 0.6 is 30.8 Å². The standard InChI is InChI=1S/C6H15O3PS2/c1-5-6(2,11)12-10(7,8-3)9-4/h11H,5H2,1-4H3/t6-/m0/s1. The lowest BCUT2D eigenvalue weighted by molar-refractivity contribution is 0.295. The minimum absolute atomic E-state index is 0.373. The van der Waals surface area contributed by atoms with E-state index in [-0.39, 0.29) is 4.08 Å². The first kappa shape index (κ1) is 12.8. The normalized spacial score (nSPS) is 17.4. The Morgan fingerprint density at radius 1 is 1.50 bits per heavy atom. The van der Waals surface area contributed by atoms with Crippen LogP contribution in [0, 0.1) is 0 Å². The van der Waals surface area contributed by atoms with Gasteiger partial charge in [-0.25, -0.2) is 4.57 Å². The lowest BCUT2D eigenvalue weighted by Crippen LogP contribution is -2.08. The summed E-state index contributed by atoms with van der Waals surface area (Å²) in [5.74, 6) is 0. The molecule has 0 radical (unpaired) electrons. The zero-order chi connectivity index (χ0) is 9.83. The number of rotatable bonds is 5. The van der Waals surface area contributed by atoms with Gasteiger partial charge in [-0.15, -0.1) is 0 Å². The van der Waals surface area contributed by atoms with Gasteiger partial charge in [0, 0.05) is 14.2 Å². The molecule has 1 atom stereocenters. The van der Waals surface area contributed by atoms with Crippen LogP contribution in [-0.2, 0) is 13.6 Å². The number of hydrogen-bond acceptors (Lipinski definition) is 5. The van der Waals surface area contributed by atoms with Crippen LogP contribution in [0.2, 0.25) is 0 Å². The fourth-order valence-electron chi connectivity index (χ4n) is 0.454. The third-order valence-corrected chi connectivity index (χ3v) is 7.01. The highest BCUT2D eigenvalue weighted by atomic mass is 32.7. The largest absolute Gasteiger partial charge is 0.389 e. The fraction of sp³-hybridized carbons (Fsp3) is 1.00. The summed E-state index contributed by atoms with van der Waals surface area (Å²) in [5.41, 5.74) is 0. The van der Waals surface area contributed by atoms with Crippen molar-refractivity contribution in [2.75, 3.05) is 14.2 Å². The summed E-state index contributed by atoms with van der Waals surface area (Å²) in [4.78, 5) is 0. The summed E-state index contributed by atoms with van der Waals surface area (Å²) >= 11 is 5.44. The maximum Gasteiger partial charge on any atom is 0.389 e. The minimum Gasteiger partial charge on any atom is -0.304 e. The smallest absolute Gasteiger partial charge is 0.304 e. The molecular weight excluding hydrogens is 215 g/mol. The van der Waals surface area contributed by atoms with E-state index in [1.54, 1.807) is 0 Å². The maximum atomic E-state index is 11.6. The Labute approximate surface area is 83.3 Å². The van der Waals surface area contributed by atoms with E-state index in [0.717, 1.165) is 17.8 Å². The Morgan fingerprint density at radius 2 is 1.92 bits per heavy atom. The predicted octanol–water partition coefficient (Wildman–Crippen LogP) is 3.18. The monoisotopic (exact) mass is 230 g/mol. The average molecular weight is 230 g/mol. The van der Waals surface area contributed by atoms with Crippen LogP contribution in [0.15, 0.2) is 0 Å². The Balaban J connectivity index is 4.31. The van der Waals surface area contributed by atoms with Crippen molar-refractivity contribution < 1.29 is 13.6 Å². The van der Waals surface area contributed by atoms with E-state index in [4.69, 9.17) is 9.05 Å². The molecular formula is C6H15O3PS2. The SMILES string of the molecule is CC[C@@](C)(S)SP(=O)(OC)OC. The van der Waals surface area contributed by atoms with Crippen LogP contribution < -0.4 is 0 Å². The second kappa shape index (κ2) is 4.91. The van der Waals surface area contributed by atoms with Gasteiger partial charge in [0.05, 0.1) is 4.08 Å². The van der Waals surface area contributed by atoms with Gasteiger partial charge < -0.3 is 9.05 Å². The second-order valence-corrected chi connectivity index (χ2v) is 8.32. The lowest BCUT2D eigenvalue weighted by atomic mass is 10.4. The number of thiol groups is 1. The van der Waals surface area contributed by atoms with Gasteiger partial charge in [0.15, 0.2) is 0 Å². The molecule has 0 N–H and O–H groups in total. The third-order valence-electron chi connectivity index (χ3n) is 1.41. The molecule has 0 bridgehead atoms. The van der Waals surface area contributed by atoms with Crippen molar-refractivity contribution in [3.05, 3.63) is 0 Å². The highest BCUT2D eigenvalue weighted by molar-refractivity contribution is 8.57. The van der Waals surface area contributed by atoms with Crippen molar-refractivity contribution in [3.8, 4) is 0 Å². The van der Waals surface area contributed by atoms with E-state index >= 15 is 0 Å². The highest BCUT2D eigenvalue weighted by Gasteiger charge is 2.32. The van der Waals surface area contributed by atoms with Crippen LogP contribution in [0.3, 0.4) is 0 Å². The van der Waals surface area contributed by atoms with Crippen molar-refractivity contribution in [3.63, 3.8) is 0 Å². The summed E-state index contributed by atoms with van der Waals surface area (Å²) < 4.78 is 20.8. The van der Waals surface area contributed by atoms with Gasteiger partial charge in [0.2, 0.25) is 0 Å². The molecule has 0 aliphatic heterocycles. The van der Waals surface area contributed by atoms with E-state index in [9.17, 15) is 4.57 Å². The van der Waals surface area contributed by atoms with Crippen LogP contribution in [0.25, 0.3) is 0 Å². The van der Waals surface area contributed by atoms with Crippen molar-refractivity contribution in [1.82, 2.24) is 0 Å². The van der Waals surface area contributed by atoms with E-state index in [1.807, 2.05) is 13.8 Å². The average Bonchev–Trinajstić information content (AvgIpc) is 2.04. The molecule has 3 nitrogen and oxygen atoms in total. The van der Waals surface area contributed by atoms with E-state index in [0.29, 0.717) is 0 Å². The molecule has 0 amide bonds. The van der Waals surface area contributed by atoms with Gasteiger partial charge >= 0.3 is 6.80 Å². The maximum absolute atomic E-state index is 11.6. The lowest BCUT2D eigenvalue weighted by Gasteiger charge is -2.24. The van der Waals surface area contributed by atoms with Gasteiger partial charge in [-0.05, 0) is 24.7 Å². The number of hydrogen-bond donors (Lipinski definition) is 1. The molecule has 0 rings (SSSR count). The Kier molecular flexibility index (Phi) is 5.26. The predicted molar refractivity (Wildman–Crippen MR) is 56.9 cm³/mol. The topological polar surface area (TPSA) is 35.5 Å². The van der Waals surface area contributed by atoms with Crippen molar-refractivity contribution in [2.24, 2.45) is 0 Å². The fourth-order valence-corrected chi connectivity index (χ4v) is 4.54. The van der Waals surface area contributed by atoms with Crippen LogP contribution in [0.4, 0.5) is 0 Å². The molecule has 0 aromatic carbocycles. The van der Waals surface area contributed by atoms with Gasteiger partial charge in [-0.2, -0.15) is 12.6 Å². The first-order chi connectivity index (χ1) is 5.39. The van der Waals surface area contributed by atoms with Gasteiger partial charge in [0.25, 0.3) is 0 Å². The summed E-state index contributed by atoms with van der Waals surface area (Å²) in [6.45, 7) is 0.869. The Hall–Kier alpha value is 0.850. The van der Waals surface area contributed by atoms with E-state index in [1.165, 1.54) is 14.2 Å². The molecule has 0 aliphatic carbocycles. The minimum atomic E-state index is -2.98. The first-order valence-corrected chi connectivity index (χ1v) is 6.95. The summed E-state index contributed by atoms with van der Waals surface area (Å²) in [6.07, 6.45) is 0.789. The molecule has 0 heterocycles. The molecule has 12 heavy (non-hydrogen) atoms. The summed E-state index contributed by atoms with van der Waals surface area (Å²) in [5, 5.41) is 0. The molecule has 0 spiro atoms. The highest BCUT2D eigenvalue weighted by Crippen LogP contribution is 2.65. The molecule has 0 saturated heterocycles. The molecule has 6 heteroatoms. The molecule has 0 fully saturated rings. The summed E-state index contributed by atoms with van der Waals surface area (Å²) in [7, 11) is 2.74. The van der Waals surface area contributed by atoms with E-state index in [2.05, 4.69) is 12.6 Å². The van der Waals surface area contributed by atoms with Gasteiger partial charge in [-0.3, -0.25) is 0 Å². The third kappa shape index (κ3) is 4.19. The molecule has 74 valence electrons. The molecule has 0 aromatic heterocycles. The van der Waals surface area contributed by atoms with Crippen molar-refractivity contribution in [2.45, 2.75) is 24.3 Å². The van der Waals surface area contributed by atoms with Crippen molar-refractivity contribution in [1.29, 1.82) is 0 Å². The van der Waals surface area contributed by atoms with Crippen LogP contribution in [0.5, 0.6) is 0 Å². The molecule has 0 aromatic rings. The van der Waals surface area contributed by atoms with E-state index < -0.39 is 6.80 Å². The zero-order valence-corrected chi connectivity index (χ0v) is 10.3. The van der Waals surface area contributed by atoms with Gasteiger partial charge in [-0.1, -0.05) is 6.92 Å². The van der Waals surface area contributed by atoms with Crippen LogP contribution in [-0.4, -0.2) is 18.3 Å². The Bertz CT molecular complexity index is 176. The molecule has 0 unspecified atom stereocenters. The Morgan fingerprint density at radius 3 is 2.17 bits per heavy atom. The first-order valence-electron chi connectivity index (χ1n) is 3.54. The second-order valence-electron chi connectivity index (χ2n) is 2.43.